The van der Waals surface area contributed by atoms with E-state index in [-0.39, 0.29) is 6.42 Å². The van der Waals surface area contributed by atoms with Crippen molar-refractivity contribution in [2.24, 2.45) is 0 Å². The van der Waals surface area contributed by atoms with Gasteiger partial charge in [-0.1, -0.05) is 58.3 Å². The number of halogens is 3. The van der Waals surface area contributed by atoms with Crippen molar-refractivity contribution < 1.29 is 13.9 Å². The van der Waals surface area contributed by atoms with Crippen LogP contribution in [0.5, 0.6) is 0 Å². The van der Waals surface area contributed by atoms with E-state index in [4.69, 9.17) is 16.7 Å². The largest absolute Gasteiger partial charge is 0.385 e. The molecule has 1 atom stereocenters. The van der Waals surface area contributed by atoms with Crippen molar-refractivity contribution in [3.63, 3.8) is 0 Å². The molecular formula is C12H23ClF2O. The first-order valence-electron chi connectivity index (χ1n) is 6.23. The number of aliphatic hydroxyl groups excluding tert-OH is 1. The Morgan fingerprint density at radius 2 is 1.44 bits per heavy atom. The molecule has 1 unspecified atom stereocenters. The second kappa shape index (κ2) is 9.17. The zero-order valence-electron chi connectivity index (χ0n) is 10.0. The highest BCUT2D eigenvalue weighted by Gasteiger charge is 2.34. The van der Waals surface area contributed by atoms with Gasteiger partial charge in [0.05, 0.1) is 0 Å². The summed E-state index contributed by atoms with van der Waals surface area (Å²) in [6.07, 6.45) is 7.13. The van der Waals surface area contributed by atoms with Crippen LogP contribution in [0.2, 0.25) is 0 Å². The molecule has 0 spiro atoms. The van der Waals surface area contributed by atoms with Crippen LogP contribution in [-0.4, -0.2) is 16.6 Å². The second-order valence-corrected chi connectivity index (χ2v) is 4.82. The molecular weight excluding hydrogens is 234 g/mol. The van der Waals surface area contributed by atoms with Crippen molar-refractivity contribution >= 4 is 11.6 Å². The molecule has 0 saturated carbocycles. The fourth-order valence-electron chi connectivity index (χ4n) is 1.64. The standard InChI is InChI=1S/C12H23ClF2O/c1-2-3-4-5-6-7-8-9-10-11(16)12(13,14)15/h11,16H,2-10H2,1H3. The molecule has 0 aromatic carbocycles. The molecule has 0 heterocycles. The van der Waals surface area contributed by atoms with Gasteiger partial charge in [-0.25, -0.2) is 0 Å². The lowest BCUT2D eigenvalue weighted by Crippen LogP contribution is -2.26. The fraction of sp³-hybridized carbons (Fsp3) is 1.00. The highest BCUT2D eigenvalue weighted by molar-refractivity contribution is 6.22. The van der Waals surface area contributed by atoms with E-state index < -0.39 is 11.5 Å². The summed E-state index contributed by atoms with van der Waals surface area (Å²) in [4.78, 5) is 0. The summed E-state index contributed by atoms with van der Waals surface area (Å²) in [5, 5.41) is 5.51. The number of unbranched alkanes of at least 4 members (excludes halogenated alkanes) is 7. The van der Waals surface area contributed by atoms with Crippen LogP contribution in [0.3, 0.4) is 0 Å². The first-order valence-corrected chi connectivity index (χ1v) is 6.61. The molecule has 0 amide bonds. The lowest BCUT2D eigenvalue weighted by molar-refractivity contribution is -0.0452. The van der Waals surface area contributed by atoms with Gasteiger partial charge in [0.15, 0.2) is 0 Å². The number of aliphatic hydroxyl groups is 1. The van der Waals surface area contributed by atoms with E-state index in [0.29, 0.717) is 6.42 Å². The van der Waals surface area contributed by atoms with Crippen LogP contribution in [0, 0.1) is 0 Å². The lowest BCUT2D eigenvalue weighted by atomic mass is 10.1. The van der Waals surface area contributed by atoms with Crippen LogP contribution in [0.25, 0.3) is 0 Å². The summed E-state index contributed by atoms with van der Waals surface area (Å²) in [6.45, 7) is 2.17. The molecule has 0 saturated heterocycles. The molecule has 0 aliphatic heterocycles. The highest BCUT2D eigenvalue weighted by atomic mass is 35.5. The maximum atomic E-state index is 12.3. The van der Waals surface area contributed by atoms with Gasteiger partial charge in [-0.2, -0.15) is 8.78 Å². The number of hydrogen-bond acceptors (Lipinski definition) is 1. The summed E-state index contributed by atoms with van der Waals surface area (Å²) in [5.41, 5.74) is 0. The van der Waals surface area contributed by atoms with Crippen LogP contribution in [-0.2, 0) is 0 Å². The Morgan fingerprint density at radius 1 is 1.00 bits per heavy atom. The van der Waals surface area contributed by atoms with Gasteiger partial charge in [0.2, 0.25) is 0 Å². The average molecular weight is 257 g/mol. The Balaban J connectivity index is 3.21. The molecule has 0 bridgehead atoms. The number of rotatable bonds is 10. The Kier molecular flexibility index (Phi) is 9.24. The number of alkyl halides is 3. The number of hydrogen-bond donors (Lipinski definition) is 1. The van der Waals surface area contributed by atoms with Gasteiger partial charge in [0.1, 0.15) is 6.10 Å². The van der Waals surface area contributed by atoms with Crippen LogP contribution in [0.15, 0.2) is 0 Å². The third kappa shape index (κ3) is 9.34. The summed E-state index contributed by atoms with van der Waals surface area (Å²) in [7, 11) is 0. The third-order valence-electron chi connectivity index (χ3n) is 2.71. The molecule has 1 N–H and O–H groups in total. The first-order chi connectivity index (χ1) is 7.48. The van der Waals surface area contributed by atoms with Crippen molar-refractivity contribution in [1.29, 1.82) is 0 Å². The fourth-order valence-corrected chi connectivity index (χ4v) is 1.74. The van der Waals surface area contributed by atoms with E-state index in [1.54, 1.807) is 0 Å². The molecule has 0 aliphatic carbocycles. The van der Waals surface area contributed by atoms with Crippen molar-refractivity contribution in [2.45, 2.75) is 76.2 Å². The molecule has 1 nitrogen and oxygen atoms in total. The zero-order valence-corrected chi connectivity index (χ0v) is 10.8. The van der Waals surface area contributed by atoms with E-state index in [0.717, 1.165) is 19.3 Å². The predicted molar refractivity (Wildman–Crippen MR) is 64.0 cm³/mol. The quantitative estimate of drug-likeness (QED) is 0.443. The highest BCUT2D eigenvalue weighted by Crippen LogP contribution is 2.26. The monoisotopic (exact) mass is 256 g/mol. The molecule has 0 aliphatic rings. The van der Waals surface area contributed by atoms with Crippen molar-refractivity contribution in [3.8, 4) is 0 Å². The molecule has 0 rings (SSSR count). The lowest BCUT2D eigenvalue weighted by Gasteiger charge is -2.15. The van der Waals surface area contributed by atoms with E-state index in [2.05, 4.69) is 6.92 Å². The van der Waals surface area contributed by atoms with Crippen LogP contribution < -0.4 is 0 Å². The van der Waals surface area contributed by atoms with Crippen molar-refractivity contribution in [1.82, 2.24) is 0 Å². The van der Waals surface area contributed by atoms with Gasteiger partial charge >= 0.3 is 5.38 Å². The molecule has 0 aromatic rings. The topological polar surface area (TPSA) is 20.2 Å². The second-order valence-electron chi connectivity index (χ2n) is 4.32. The Labute approximate surface area is 102 Å². The normalized spacial score (nSPS) is 14.1. The van der Waals surface area contributed by atoms with Gasteiger partial charge in [0.25, 0.3) is 0 Å². The van der Waals surface area contributed by atoms with E-state index in [1.807, 2.05) is 0 Å². The Hall–Kier alpha value is 0.110. The van der Waals surface area contributed by atoms with Crippen LogP contribution >= 0.6 is 11.6 Å². The van der Waals surface area contributed by atoms with Gasteiger partial charge in [0, 0.05) is 0 Å². The summed E-state index contributed by atoms with van der Waals surface area (Å²) < 4.78 is 24.7. The maximum absolute atomic E-state index is 12.3. The van der Waals surface area contributed by atoms with E-state index in [1.165, 1.54) is 25.7 Å². The van der Waals surface area contributed by atoms with Crippen LogP contribution in [0.4, 0.5) is 8.78 Å². The Bertz CT molecular complexity index is 160. The first kappa shape index (κ1) is 16.1. The minimum absolute atomic E-state index is 0.0888. The predicted octanol–water partition coefficient (Wildman–Crippen LogP) is 4.71. The molecule has 0 aromatic heterocycles. The molecule has 0 fully saturated rings. The smallest absolute Gasteiger partial charge is 0.347 e. The average Bonchev–Trinajstić information content (AvgIpc) is 2.20. The molecule has 0 radical (unpaired) electrons. The molecule has 98 valence electrons. The van der Waals surface area contributed by atoms with E-state index >= 15 is 0 Å². The zero-order chi connectivity index (χ0) is 12.4. The summed E-state index contributed by atoms with van der Waals surface area (Å²) >= 11 is 4.70. The third-order valence-corrected chi connectivity index (χ3v) is 2.96. The van der Waals surface area contributed by atoms with Gasteiger partial charge in [-0.15, -0.1) is 0 Å². The maximum Gasteiger partial charge on any atom is 0.347 e. The Morgan fingerprint density at radius 3 is 1.88 bits per heavy atom. The SMILES string of the molecule is CCCCCCCCCCC(O)C(F)(F)Cl. The van der Waals surface area contributed by atoms with Gasteiger partial charge < -0.3 is 5.11 Å². The van der Waals surface area contributed by atoms with Crippen molar-refractivity contribution in [3.05, 3.63) is 0 Å². The van der Waals surface area contributed by atoms with Crippen molar-refractivity contribution in [2.75, 3.05) is 0 Å². The summed E-state index contributed by atoms with van der Waals surface area (Å²) in [5.74, 6) is 0. The van der Waals surface area contributed by atoms with Crippen LogP contribution in [0.1, 0.15) is 64.7 Å². The van der Waals surface area contributed by atoms with E-state index in [9.17, 15) is 8.78 Å². The van der Waals surface area contributed by atoms with Gasteiger partial charge in [-0.05, 0) is 18.0 Å². The van der Waals surface area contributed by atoms with Gasteiger partial charge in [-0.3, -0.25) is 0 Å². The summed E-state index contributed by atoms with van der Waals surface area (Å²) in [6, 6.07) is 0. The molecule has 16 heavy (non-hydrogen) atoms. The minimum Gasteiger partial charge on any atom is -0.385 e. The minimum atomic E-state index is -3.47. The molecule has 4 heteroatoms.